The smallest absolute Gasteiger partial charge is 0.664 e. The molecule has 2 aromatic rings. The average molecular weight is 910 g/mol. The Bertz CT molecular complexity index is 2350. The van der Waals surface area contributed by atoms with Crippen LogP contribution < -0.4 is 15.0 Å². The number of aliphatic hydroxyl groups is 1. The Morgan fingerprint density at radius 1 is 0.924 bits per heavy atom. The van der Waals surface area contributed by atoms with Crippen molar-refractivity contribution in [3.63, 3.8) is 0 Å². The van der Waals surface area contributed by atoms with Crippen LogP contribution in [0.1, 0.15) is 184 Å². The fourth-order valence-corrected chi connectivity index (χ4v) is 10.5. The van der Waals surface area contributed by atoms with Crippen LogP contribution in [0.25, 0.3) is 35.0 Å². The zero-order chi connectivity index (χ0) is 47.3. The van der Waals surface area contributed by atoms with Gasteiger partial charge in [-0.05, 0) is 107 Å². The Hall–Kier alpha value is -4.05. The number of esters is 2. The third-order valence-electron chi connectivity index (χ3n) is 14.7. The molecule has 8 bridgehead atoms. The summed E-state index contributed by atoms with van der Waals surface area (Å²) in [5, 5.41) is 17.6. The maximum Gasteiger partial charge on any atom is 2.00 e. The van der Waals surface area contributed by atoms with Crippen molar-refractivity contribution in [3.05, 3.63) is 102 Å². The number of allylic oxidation sites excluding steroid dienone is 5. The van der Waals surface area contributed by atoms with Crippen LogP contribution in [0.15, 0.2) is 45.6 Å². The number of nitrogens with zero attached hydrogens (tertiary/aromatic N) is 3. The summed E-state index contributed by atoms with van der Waals surface area (Å²) in [5.41, 5.74) is 11.7. The van der Waals surface area contributed by atoms with Gasteiger partial charge in [0.1, 0.15) is 23.9 Å². The zero-order valence-corrected chi connectivity index (χ0v) is 43.2. The van der Waals surface area contributed by atoms with Gasteiger partial charge < -0.3 is 40.7 Å². The van der Waals surface area contributed by atoms with E-state index in [-0.39, 0.29) is 53.9 Å². The number of carbonyl (C=O) groups excluding carboxylic acids is 2. The van der Waals surface area contributed by atoms with Crippen molar-refractivity contribution in [1.82, 2.24) is 9.97 Å². The van der Waals surface area contributed by atoms with Crippen LogP contribution in [0.4, 0.5) is 0 Å². The molecule has 0 spiro atoms. The van der Waals surface area contributed by atoms with Gasteiger partial charge >= 0.3 is 35.0 Å². The number of rotatable bonds is 19. The number of ether oxygens (including phenoxy) is 2. The van der Waals surface area contributed by atoms with Crippen molar-refractivity contribution in [1.29, 1.82) is 0 Å². The standard InChI is InChI=1S/C55H74N5O5.Mg/c1-13-39-35(8)42-28-43-36(9)41(24-25-48(61)65-27-26-34(7)23-17-22-33(6)21-16-20-32(5)19-15-18-31(3)4)52(58-43)50-51(55(63)64-12)54(62)49-38(11)44(59-53(49)50)29-47-40(14-2)37(10)46(60(47)56)30-45(39)57-42;/h1,26,28-33,36,41,51,54,56,60,62H,14-25,27H2,2-12H3;/q-3;+2/b34-26+,43-28-,46-30-,47-29-,52-50-;/t32-,33+,36+,41+,51-,54-;/m1./s1. The zero-order valence-electron chi connectivity index (χ0n) is 41.7. The third kappa shape index (κ3) is 11.4. The summed E-state index contributed by atoms with van der Waals surface area (Å²) in [7, 11) is 1.32. The summed E-state index contributed by atoms with van der Waals surface area (Å²) >= 11 is 0. The number of terminal acetylenes is 1. The molecular weight excluding hydrogens is 835 g/mol. The summed E-state index contributed by atoms with van der Waals surface area (Å²) in [6, 6.07) is 0. The summed E-state index contributed by atoms with van der Waals surface area (Å²) < 4.78 is 11.1. The van der Waals surface area contributed by atoms with E-state index < -0.39 is 18.0 Å². The van der Waals surface area contributed by atoms with Crippen molar-refractivity contribution in [2.24, 2.45) is 35.5 Å². The van der Waals surface area contributed by atoms with Gasteiger partial charge in [-0.2, -0.15) is 11.4 Å². The number of aromatic nitrogens is 2. The molecule has 0 saturated carbocycles. The quantitative estimate of drug-likeness (QED) is 0.0618. The van der Waals surface area contributed by atoms with Gasteiger partial charge in [-0.3, -0.25) is 9.59 Å². The van der Waals surface area contributed by atoms with E-state index in [1.807, 2.05) is 45.1 Å². The molecular formula is C55H74MgN5O5-. The van der Waals surface area contributed by atoms with Crippen LogP contribution >= 0.6 is 0 Å². The van der Waals surface area contributed by atoms with Gasteiger partial charge in [0, 0.05) is 23.1 Å². The molecule has 66 heavy (non-hydrogen) atoms. The van der Waals surface area contributed by atoms with Crippen molar-refractivity contribution < 1.29 is 29.2 Å². The number of nitrogens with one attached hydrogen (secondary N) is 2. The molecule has 3 N–H and O–H groups in total. The molecule has 0 amide bonds. The van der Waals surface area contributed by atoms with Gasteiger partial charge in [0.25, 0.3) is 0 Å². The maximum absolute atomic E-state index is 13.7. The number of carbonyl (C=O) groups is 2. The average Bonchev–Trinajstić information content (AvgIpc) is 3.99. The Morgan fingerprint density at radius 3 is 2.20 bits per heavy atom. The molecule has 2 aromatic heterocycles. The summed E-state index contributed by atoms with van der Waals surface area (Å²) in [5.74, 6) is 12.1. The van der Waals surface area contributed by atoms with E-state index in [9.17, 15) is 20.5 Å². The number of aliphatic hydroxyl groups excluding tert-OH is 1. The second kappa shape index (κ2) is 23.3. The number of hydrogen-bond donors (Lipinski definition) is 2. The first-order valence-corrected chi connectivity index (χ1v) is 24.3. The number of hydrogen-bond acceptors (Lipinski definition) is 5. The Labute approximate surface area is 411 Å². The normalized spacial score (nSPS) is 25.6. The molecule has 1 unspecified atom stereocenters. The molecule has 3 aliphatic heterocycles. The summed E-state index contributed by atoms with van der Waals surface area (Å²) in [6.45, 7) is 21.7. The van der Waals surface area contributed by atoms with Crippen LogP contribution in [0.5, 0.6) is 0 Å². The molecule has 1 aliphatic carbocycles. The molecule has 4 aliphatic rings. The Morgan fingerprint density at radius 2 is 1.56 bits per heavy atom. The number of methoxy groups -OCH3 is 1. The summed E-state index contributed by atoms with van der Waals surface area (Å²) in [6.07, 6.45) is 25.2. The van der Waals surface area contributed by atoms with Crippen LogP contribution in [-0.4, -0.2) is 53.8 Å². The van der Waals surface area contributed by atoms with Crippen molar-refractivity contribution in [2.75, 3.05) is 13.7 Å². The molecule has 1 saturated heterocycles. The molecule has 5 heterocycles. The van der Waals surface area contributed by atoms with E-state index in [4.69, 9.17) is 31.2 Å². The molecule has 1 fully saturated rings. The van der Waals surface area contributed by atoms with Crippen LogP contribution in [0, 0.1) is 61.7 Å². The minimum Gasteiger partial charge on any atom is -0.664 e. The van der Waals surface area contributed by atoms with E-state index in [0.717, 1.165) is 64.0 Å². The Balaban J connectivity index is 0.00000817. The second-order valence-corrected chi connectivity index (χ2v) is 19.8. The molecule has 0 aromatic carbocycles. The SMILES string of the molecule is C#Cc1c2[n-]c(c1C)/C=C1\[N-]/C(=C3\c4[n-]c(c(C)c4[C@@H](O)[C@@H]3C(=O)OC)/C=C3/C(CC)=C(C)/C(=C/2)[NH+]3[NH-])[C@@H](CCC(=O)OC/C=C(\C)CCC[C@@H](C)CCC[C@H](C)CCCC(C)C)[C@@H]1C.[Mg+2]. The molecule has 352 valence electrons. The molecule has 10 nitrogen and oxygen atoms in total. The van der Waals surface area contributed by atoms with E-state index in [2.05, 4.69) is 54.4 Å². The van der Waals surface area contributed by atoms with Gasteiger partial charge in [-0.15, -0.1) is 29.2 Å². The first kappa shape index (κ1) is 52.9. The van der Waals surface area contributed by atoms with E-state index in [1.165, 1.54) is 57.6 Å². The van der Waals surface area contributed by atoms with Crippen LogP contribution in [0.3, 0.4) is 0 Å². The van der Waals surface area contributed by atoms with Gasteiger partial charge in [0.2, 0.25) is 0 Å². The van der Waals surface area contributed by atoms with Gasteiger partial charge in [-0.25, -0.2) is 0 Å². The molecule has 11 heteroatoms. The first-order valence-electron chi connectivity index (χ1n) is 24.3. The molecule has 7 atom stereocenters. The summed E-state index contributed by atoms with van der Waals surface area (Å²) in [4.78, 5) is 37.3. The fraction of sp³-hybridized carbons (Fsp3) is 0.564. The third-order valence-corrected chi connectivity index (χ3v) is 14.7. The van der Waals surface area contributed by atoms with Crippen molar-refractivity contribution in [3.8, 4) is 12.3 Å². The second-order valence-electron chi connectivity index (χ2n) is 19.8. The van der Waals surface area contributed by atoms with Crippen LogP contribution in [-0.2, 0) is 19.1 Å². The topological polar surface area (TPSA) is 143 Å². The van der Waals surface area contributed by atoms with E-state index in [0.29, 0.717) is 68.9 Å². The van der Waals surface area contributed by atoms with Crippen molar-refractivity contribution >= 4 is 58.8 Å². The maximum atomic E-state index is 13.7. The molecule has 6 rings (SSSR count). The number of fused-ring (bicyclic) bond motifs is 7. The van der Waals surface area contributed by atoms with E-state index in [1.54, 1.807) is 0 Å². The van der Waals surface area contributed by atoms with Gasteiger partial charge in [-0.1, -0.05) is 121 Å². The van der Waals surface area contributed by atoms with Gasteiger partial charge in [0.05, 0.1) is 13.2 Å². The fourth-order valence-electron chi connectivity index (χ4n) is 10.5. The monoisotopic (exact) mass is 909 g/mol. The predicted molar refractivity (Wildman–Crippen MR) is 267 cm³/mol. The van der Waals surface area contributed by atoms with Crippen LogP contribution in [0.2, 0.25) is 0 Å². The van der Waals surface area contributed by atoms with E-state index >= 15 is 0 Å². The predicted octanol–water partition coefficient (Wildman–Crippen LogP) is 11.0. The minimum atomic E-state index is -1.22. The first-order chi connectivity index (χ1) is 31.0. The Kier molecular flexibility index (Phi) is 18.7. The van der Waals surface area contributed by atoms with Crippen molar-refractivity contribution in [2.45, 2.75) is 152 Å². The molecule has 0 radical (unpaired) electrons. The van der Waals surface area contributed by atoms with Gasteiger partial charge in [0.15, 0.2) is 0 Å². The number of quaternary nitrogens is 1. The minimum absolute atomic E-state index is 0. The largest absolute Gasteiger partial charge is 2.00 e.